The first-order valence-electron chi connectivity index (χ1n) is 5.47. The van der Waals surface area contributed by atoms with Crippen LogP contribution in [0.3, 0.4) is 0 Å². The summed E-state index contributed by atoms with van der Waals surface area (Å²) < 4.78 is 0. The molecule has 0 aliphatic carbocycles. The first-order valence-corrected chi connectivity index (χ1v) is 5.47. The highest BCUT2D eigenvalue weighted by atomic mass is 16.4. The van der Waals surface area contributed by atoms with Gasteiger partial charge in [0.25, 0.3) is 0 Å². The van der Waals surface area contributed by atoms with Crippen LogP contribution in [0.2, 0.25) is 0 Å². The number of carboxylic acid groups (broad SMARTS) is 1. The molecule has 0 fully saturated rings. The van der Waals surface area contributed by atoms with Gasteiger partial charge in [-0.2, -0.15) is 0 Å². The van der Waals surface area contributed by atoms with Crippen LogP contribution < -0.4 is 10.6 Å². The van der Waals surface area contributed by atoms with Crippen LogP contribution in [0.4, 0.5) is 4.79 Å². The zero-order chi connectivity index (χ0) is 13.5. The zero-order valence-electron chi connectivity index (χ0n) is 10.0. The van der Waals surface area contributed by atoms with Crippen LogP contribution in [0.5, 0.6) is 0 Å². The molecule has 98 valence electrons. The summed E-state index contributed by atoms with van der Waals surface area (Å²) in [5, 5.41) is 22.1. The molecule has 6 nitrogen and oxygen atoms in total. The minimum atomic E-state index is -1.29. The van der Waals surface area contributed by atoms with Crippen LogP contribution in [0.1, 0.15) is 11.1 Å². The molecule has 0 aromatic heterocycles. The molecule has 1 aromatic carbocycles. The highest BCUT2D eigenvalue weighted by molar-refractivity contribution is 5.82. The maximum Gasteiger partial charge on any atom is 0.328 e. The van der Waals surface area contributed by atoms with Crippen molar-refractivity contribution in [2.24, 2.45) is 0 Å². The number of aliphatic hydroxyl groups excluding tert-OH is 1. The lowest BCUT2D eigenvalue weighted by molar-refractivity contribution is -0.140. The van der Waals surface area contributed by atoms with E-state index in [1.807, 2.05) is 31.2 Å². The Morgan fingerprint density at radius 2 is 2.00 bits per heavy atom. The standard InChI is InChI=1S/C12H16N2O4/c1-8-4-2-3-5-9(8)6-13-12(18)14-10(7-15)11(16)17/h2-5,10,15H,6-7H2,1H3,(H,16,17)(H2,13,14,18)/t10-/m0/s1. The van der Waals surface area contributed by atoms with E-state index in [9.17, 15) is 9.59 Å². The first-order chi connectivity index (χ1) is 8.54. The normalized spacial score (nSPS) is 11.7. The minimum absolute atomic E-state index is 0.302. The molecule has 0 radical (unpaired) electrons. The predicted octanol–water partition coefficient (Wildman–Crippen LogP) is 0.240. The lowest BCUT2D eigenvalue weighted by Gasteiger charge is -2.13. The van der Waals surface area contributed by atoms with Crippen LogP contribution >= 0.6 is 0 Å². The van der Waals surface area contributed by atoms with Crippen LogP contribution in [-0.4, -0.2) is 34.9 Å². The number of carbonyl (C=O) groups is 2. The van der Waals surface area contributed by atoms with Crippen molar-refractivity contribution >= 4 is 12.0 Å². The number of amides is 2. The average Bonchev–Trinajstić information content (AvgIpc) is 2.34. The Morgan fingerprint density at radius 3 is 2.56 bits per heavy atom. The second kappa shape index (κ2) is 6.61. The number of rotatable bonds is 5. The molecular weight excluding hydrogens is 236 g/mol. The van der Waals surface area contributed by atoms with E-state index in [0.29, 0.717) is 6.54 Å². The summed E-state index contributed by atoms with van der Waals surface area (Å²) in [5.74, 6) is -1.27. The van der Waals surface area contributed by atoms with Crippen molar-refractivity contribution in [3.05, 3.63) is 35.4 Å². The molecule has 2 amide bonds. The van der Waals surface area contributed by atoms with Gasteiger partial charge in [-0.15, -0.1) is 0 Å². The van der Waals surface area contributed by atoms with Crippen molar-refractivity contribution in [3.8, 4) is 0 Å². The Hall–Kier alpha value is -2.08. The van der Waals surface area contributed by atoms with Crippen LogP contribution in [0, 0.1) is 6.92 Å². The fourth-order valence-electron chi connectivity index (χ4n) is 1.38. The third kappa shape index (κ3) is 4.06. The van der Waals surface area contributed by atoms with E-state index in [2.05, 4.69) is 10.6 Å². The molecule has 0 spiro atoms. The largest absolute Gasteiger partial charge is 0.480 e. The van der Waals surface area contributed by atoms with E-state index in [1.165, 1.54) is 0 Å². The highest BCUT2D eigenvalue weighted by Gasteiger charge is 2.18. The molecule has 0 heterocycles. The summed E-state index contributed by atoms with van der Waals surface area (Å²) in [6.07, 6.45) is 0. The SMILES string of the molecule is Cc1ccccc1CNC(=O)N[C@@H](CO)C(=O)O. The number of nitrogens with one attached hydrogen (secondary N) is 2. The van der Waals surface area contributed by atoms with E-state index in [0.717, 1.165) is 11.1 Å². The molecular formula is C12H16N2O4. The molecule has 1 rings (SSSR count). The van der Waals surface area contributed by atoms with E-state index in [4.69, 9.17) is 10.2 Å². The van der Waals surface area contributed by atoms with Gasteiger partial charge in [0, 0.05) is 6.54 Å². The summed E-state index contributed by atoms with van der Waals surface area (Å²) in [6.45, 7) is 1.58. The van der Waals surface area contributed by atoms with E-state index >= 15 is 0 Å². The smallest absolute Gasteiger partial charge is 0.328 e. The van der Waals surface area contributed by atoms with E-state index in [1.54, 1.807) is 0 Å². The lowest BCUT2D eigenvalue weighted by Crippen LogP contribution is -2.47. The number of aryl methyl sites for hydroxylation is 1. The predicted molar refractivity (Wildman–Crippen MR) is 65.1 cm³/mol. The van der Waals surface area contributed by atoms with Gasteiger partial charge in [-0.3, -0.25) is 0 Å². The topological polar surface area (TPSA) is 98.7 Å². The van der Waals surface area contributed by atoms with Crippen molar-refractivity contribution in [2.45, 2.75) is 19.5 Å². The molecule has 4 N–H and O–H groups in total. The summed E-state index contributed by atoms with van der Waals surface area (Å²) in [6, 6.07) is 5.63. The highest BCUT2D eigenvalue weighted by Crippen LogP contribution is 2.05. The molecule has 0 aliphatic rings. The van der Waals surface area contributed by atoms with Gasteiger partial charge in [0.2, 0.25) is 0 Å². The van der Waals surface area contributed by atoms with E-state index < -0.39 is 24.6 Å². The number of urea groups is 1. The van der Waals surface area contributed by atoms with Crippen LogP contribution in [0.25, 0.3) is 0 Å². The van der Waals surface area contributed by atoms with Gasteiger partial charge < -0.3 is 20.8 Å². The zero-order valence-corrected chi connectivity index (χ0v) is 10.0. The Balaban J connectivity index is 2.47. The second-order valence-electron chi connectivity index (χ2n) is 3.83. The van der Waals surface area contributed by atoms with Crippen molar-refractivity contribution in [3.63, 3.8) is 0 Å². The van der Waals surface area contributed by atoms with Crippen molar-refractivity contribution in [1.82, 2.24) is 10.6 Å². The minimum Gasteiger partial charge on any atom is -0.480 e. The molecule has 0 saturated heterocycles. The van der Waals surface area contributed by atoms with Gasteiger partial charge in [-0.05, 0) is 18.1 Å². The molecule has 18 heavy (non-hydrogen) atoms. The molecule has 0 saturated carbocycles. The maximum absolute atomic E-state index is 11.4. The van der Waals surface area contributed by atoms with Gasteiger partial charge in [-0.1, -0.05) is 24.3 Å². The maximum atomic E-state index is 11.4. The van der Waals surface area contributed by atoms with Crippen molar-refractivity contribution in [2.75, 3.05) is 6.61 Å². The fourth-order valence-corrected chi connectivity index (χ4v) is 1.38. The Kier molecular flexibility index (Phi) is 5.13. The second-order valence-corrected chi connectivity index (χ2v) is 3.83. The van der Waals surface area contributed by atoms with Gasteiger partial charge >= 0.3 is 12.0 Å². The molecule has 6 heteroatoms. The fraction of sp³-hybridized carbons (Fsp3) is 0.333. The Morgan fingerprint density at radius 1 is 1.33 bits per heavy atom. The first kappa shape index (κ1) is 14.0. The number of benzene rings is 1. The van der Waals surface area contributed by atoms with Gasteiger partial charge in [-0.25, -0.2) is 9.59 Å². The molecule has 0 aliphatic heterocycles. The quantitative estimate of drug-likeness (QED) is 0.603. The molecule has 1 aromatic rings. The number of hydrogen-bond acceptors (Lipinski definition) is 3. The Labute approximate surface area is 105 Å². The van der Waals surface area contributed by atoms with Crippen molar-refractivity contribution in [1.29, 1.82) is 0 Å². The number of carboxylic acids is 1. The molecule has 0 unspecified atom stereocenters. The summed E-state index contributed by atoms with van der Waals surface area (Å²) in [7, 11) is 0. The van der Waals surface area contributed by atoms with Crippen molar-refractivity contribution < 1.29 is 19.8 Å². The third-order valence-corrected chi connectivity index (χ3v) is 2.49. The van der Waals surface area contributed by atoms with Crippen LogP contribution in [0.15, 0.2) is 24.3 Å². The van der Waals surface area contributed by atoms with Gasteiger partial charge in [0.05, 0.1) is 6.61 Å². The van der Waals surface area contributed by atoms with Gasteiger partial charge in [0.1, 0.15) is 0 Å². The summed E-state index contributed by atoms with van der Waals surface area (Å²) in [5.41, 5.74) is 1.98. The number of aliphatic carboxylic acids is 1. The third-order valence-electron chi connectivity index (χ3n) is 2.49. The van der Waals surface area contributed by atoms with E-state index in [-0.39, 0.29) is 0 Å². The molecule has 0 bridgehead atoms. The van der Waals surface area contributed by atoms with Gasteiger partial charge in [0.15, 0.2) is 6.04 Å². The monoisotopic (exact) mass is 252 g/mol. The lowest BCUT2D eigenvalue weighted by atomic mass is 10.1. The Bertz CT molecular complexity index is 434. The summed E-state index contributed by atoms with van der Waals surface area (Å²) >= 11 is 0. The number of carbonyl (C=O) groups excluding carboxylic acids is 1. The molecule has 1 atom stereocenters. The summed E-state index contributed by atoms with van der Waals surface area (Å²) in [4.78, 5) is 22.0. The van der Waals surface area contributed by atoms with Crippen LogP contribution in [-0.2, 0) is 11.3 Å². The number of hydrogen-bond donors (Lipinski definition) is 4. The average molecular weight is 252 g/mol. The number of aliphatic hydroxyl groups is 1.